The van der Waals surface area contributed by atoms with E-state index in [-0.39, 0.29) is 11.5 Å². The third kappa shape index (κ3) is 6.40. The molecule has 6 heteroatoms. The Balaban J connectivity index is 1.51. The van der Waals surface area contributed by atoms with Crippen LogP contribution in [0.1, 0.15) is 28.4 Å². The van der Waals surface area contributed by atoms with E-state index < -0.39 is 18.4 Å². The minimum Gasteiger partial charge on any atom is -0.489 e. The predicted octanol–water partition coefficient (Wildman–Crippen LogP) is 4.61. The van der Waals surface area contributed by atoms with Crippen LogP contribution in [0.5, 0.6) is 5.75 Å². The summed E-state index contributed by atoms with van der Waals surface area (Å²) in [6.07, 6.45) is 0. The normalized spacial score (nSPS) is 10.4. The first-order valence-electron chi connectivity index (χ1n) is 10.0. The first kappa shape index (κ1) is 22.0. The molecule has 0 N–H and O–H groups in total. The van der Waals surface area contributed by atoms with E-state index in [0.717, 1.165) is 16.9 Å². The van der Waals surface area contributed by atoms with Crippen LogP contribution in [0.4, 0.5) is 4.39 Å². The molecule has 3 rings (SSSR count). The Labute approximate surface area is 181 Å². The summed E-state index contributed by atoms with van der Waals surface area (Å²) in [5.74, 6) is -1.15. The molecule has 0 unspecified atom stereocenters. The van der Waals surface area contributed by atoms with E-state index in [1.54, 1.807) is 4.90 Å². The SMILES string of the molecule is CCN(Cc1ccc(OCc2ccccc2)cc1)C(=O)COC(=O)c1ccccc1F. The molecule has 3 aromatic rings. The molecule has 0 aliphatic carbocycles. The van der Waals surface area contributed by atoms with Gasteiger partial charge in [0.15, 0.2) is 6.61 Å². The molecule has 0 aliphatic heterocycles. The number of halogens is 1. The number of nitrogens with zero attached hydrogens (tertiary/aromatic N) is 1. The summed E-state index contributed by atoms with van der Waals surface area (Å²) in [5, 5.41) is 0. The van der Waals surface area contributed by atoms with Gasteiger partial charge in [0.05, 0.1) is 5.56 Å². The lowest BCUT2D eigenvalue weighted by Crippen LogP contribution is -2.34. The fraction of sp³-hybridized carbons (Fsp3) is 0.200. The minimum atomic E-state index is -0.859. The Bertz CT molecular complexity index is 1010. The van der Waals surface area contributed by atoms with Crippen LogP contribution < -0.4 is 4.74 Å². The van der Waals surface area contributed by atoms with E-state index in [1.165, 1.54) is 24.3 Å². The van der Waals surface area contributed by atoms with Crippen molar-refractivity contribution in [3.63, 3.8) is 0 Å². The number of ether oxygens (including phenoxy) is 2. The fourth-order valence-corrected chi connectivity index (χ4v) is 2.95. The Kier molecular flexibility index (Phi) is 7.76. The summed E-state index contributed by atoms with van der Waals surface area (Å²) in [4.78, 5) is 26.0. The molecule has 0 spiro atoms. The van der Waals surface area contributed by atoms with Crippen molar-refractivity contribution in [3.8, 4) is 5.75 Å². The summed E-state index contributed by atoms with van der Waals surface area (Å²) < 4.78 is 24.4. The second-order valence-corrected chi connectivity index (χ2v) is 6.88. The highest BCUT2D eigenvalue weighted by Crippen LogP contribution is 2.16. The van der Waals surface area contributed by atoms with Gasteiger partial charge < -0.3 is 14.4 Å². The van der Waals surface area contributed by atoms with Crippen molar-refractivity contribution in [2.24, 2.45) is 0 Å². The van der Waals surface area contributed by atoms with Gasteiger partial charge in [0.2, 0.25) is 0 Å². The fourth-order valence-electron chi connectivity index (χ4n) is 2.95. The molecule has 0 aliphatic rings. The third-order valence-electron chi connectivity index (χ3n) is 4.70. The van der Waals surface area contributed by atoms with Crippen LogP contribution in [-0.4, -0.2) is 29.9 Å². The molecule has 3 aromatic carbocycles. The molecule has 160 valence electrons. The Morgan fingerprint density at radius 2 is 1.55 bits per heavy atom. The summed E-state index contributed by atoms with van der Waals surface area (Å²) in [5.41, 5.74) is 1.81. The van der Waals surface area contributed by atoms with Crippen molar-refractivity contribution < 1.29 is 23.5 Å². The largest absolute Gasteiger partial charge is 0.489 e. The van der Waals surface area contributed by atoms with E-state index in [9.17, 15) is 14.0 Å². The van der Waals surface area contributed by atoms with E-state index in [2.05, 4.69) is 0 Å². The average Bonchev–Trinajstić information content (AvgIpc) is 2.81. The number of hydrogen-bond acceptors (Lipinski definition) is 4. The average molecular weight is 421 g/mol. The highest BCUT2D eigenvalue weighted by molar-refractivity contribution is 5.91. The molecule has 31 heavy (non-hydrogen) atoms. The van der Waals surface area contributed by atoms with Gasteiger partial charge in [-0.1, -0.05) is 54.6 Å². The maximum atomic E-state index is 13.7. The zero-order valence-corrected chi connectivity index (χ0v) is 17.3. The van der Waals surface area contributed by atoms with Gasteiger partial charge >= 0.3 is 5.97 Å². The maximum absolute atomic E-state index is 13.7. The summed E-state index contributed by atoms with van der Waals surface area (Å²) in [6.45, 7) is 2.69. The number of carbonyl (C=O) groups is 2. The third-order valence-corrected chi connectivity index (χ3v) is 4.70. The second kappa shape index (κ2) is 10.9. The van der Waals surface area contributed by atoms with Gasteiger partial charge in [0.25, 0.3) is 5.91 Å². The molecule has 1 amide bonds. The molecule has 0 radical (unpaired) electrons. The second-order valence-electron chi connectivity index (χ2n) is 6.88. The lowest BCUT2D eigenvalue weighted by molar-refractivity contribution is -0.134. The van der Waals surface area contributed by atoms with Gasteiger partial charge in [-0.15, -0.1) is 0 Å². The van der Waals surface area contributed by atoms with Crippen molar-refractivity contribution in [3.05, 3.63) is 101 Å². The molecule has 0 fully saturated rings. The number of likely N-dealkylation sites (N-methyl/N-ethyl adjacent to an activating group) is 1. The maximum Gasteiger partial charge on any atom is 0.341 e. The van der Waals surface area contributed by atoms with Crippen LogP contribution in [0.25, 0.3) is 0 Å². The van der Waals surface area contributed by atoms with Gasteiger partial charge in [0.1, 0.15) is 18.2 Å². The van der Waals surface area contributed by atoms with E-state index >= 15 is 0 Å². The van der Waals surface area contributed by atoms with Crippen molar-refractivity contribution in [2.45, 2.75) is 20.1 Å². The molecular formula is C25H24FNO4. The summed E-state index contributed by atoms with van der Waals surface area (Å²) >= 11 is 0. The van der Waals surface area contributed by atoms with Crippen molar-refractivity contribution in [1.29, 1.82) is 0 Å². The van der Waals surface area contributed by atoms with Gasteiger partial charge in [-0.05, 0) is 42.3 Å². The van der Waals surface area contributed by atoms with Gasteiger partial charge in [-0.3, -0.25) is 4.79 Å². The first-order chi connectivity index (χ1) is 15.1. The Morgan fingerprint density at radius 3 is 2.23 bits per heavy atom. The van der Waals surface area contributed by atoms with Crippen LogP contribution in [0, 0.1) is 5.82 Å². The highest BCUT2D eigenvalue weighted by atomic mass is 19.1. The van der Waals surface area contributed by atoms with Crippen LogP contribution in [0.15, 0.2) is 78.9 Å². The van der Waals surface area contributed by atoms with E-state index in [0.29, 0.717) is 19.7 Å². The smallest absolute Gasteiger partial charge is 0.341 e. The molecule has 0 saturated heterocycles. The monoisotopic (exact) mass is 421 g/mol. The minimum absolute atomic E-state index is 0.190. The molecule has 0 saturated carbocycles. The lowest BCUT2D eigenvalue weighted by Gasteiger charge is -2.21. The van der Waals surface area contributed by atoms with Crippen molar-refractivity contribution in [1.82, 2.24) is 4.90 Å². The molecular weight excluding hydrogens is 397 g/mol. The van der Waals surface area contributed by atoms with Gasteiger partial charge in [-0.2, -0.15) is 0 Å². The number of benzene rings is 3. The molecule has 0 aromatic heterocycles. The van der Waals surface area contributed by atoms with E-state index in [1.807, 2.05) is 61.5 Å². The van der Waals surface area contributed by atoms with Crippen LogP contribution in [-0.2, 0) is 22.7 Å². The van der Waals surface area contributed by atoms with E-state index in [4.69, 9.17) is 9.47 Å². The topological polar surface area (TPSA) is 55.8 Å². The molecule has 0 heterocycles. The van der Waals surface area contributed by atoms with Crippen LogP contribution >= 0.6 is 0 Å². The molecule has 5 nitrogen and oxygen atoms in total. The zero-order valence-electron chi connectivity index (χ0n) is 17.3. The standard InChI is InChI=1S/C25H24FNO4/c1-2-27(24(28)18-31-25(29)22-10-6-7-11-23(22)26)16-19-12-14-21(15-13-19)30-17-20-8-4-3-5-9-20/h3-15H,2,16-18H2,1H3. The number of rotatable bonds is 9. The van der Waals surface area contributed by atoms with Crippen molar-refractivity contribution in [2.75, 3.05) is 13.2 Å². The number of amides is 1. The predicted molar refractivity (Wildman–Crippen MR) is 115 cm³/mol. The first-order valence-corrected chi connectivity index (χ1v) is 10.0. The quantitative estimate of drug-likeness (QED) is 0.474. The molecule has 0 bridgehead atoms. The number of esters is 1. The van der Waals surface area contributed by atoms with Gasteiger partial charge in [-0.25, -0.2) is 9.18 Å². The highest BCUT2D eigenvalue weighted by Gasteiger charge is 2.17. The Morgan fingerprint density at radius 1 is 0.871 bits per heavy atom. The zero-order chi connectivity index (χ0) is 22.1. The number of hydrogen-bond donors (Lipinski definition) is 0. The lowest BCUT2D eigenvalue weighted by atomic mass is 10.2. The van der Waals surface area contributed by atoms with Gasteiger partial charge in [0, 0.05) is 13.1 Å². The summed E-state index contributed by atoms with van der Waals surface area (Å²) in [6, 6.07) is 22.9. The van der Waals surface area contributed by atoms with Crippen LogP contribution in [0.2, 0.25) is 0 Å². The molecule has 0 atom stereocenters. The summed E-state index contributed by atoms with van der Waals surface area (Å²) in [7, 11) is 0. The van der Waals surface area contributed by atoms with Crippen molar-refractivity contribution >= 4 is 11.9 Å². The Hall–Kier alpha value is -3.67. The van der Waals surface area contributed by atoms with Crippen LogP contribution in [0.3, 0.4) is 0 Å². The number of carbonyl (C=O) groups excluding carboxylic acids is 2.